The van der Waals surface area contributed by atoms with E-state index in [0.29, 0.717) is 25.9 Å². The number of anilines is 1. The maximum Gasteiger partial charge on any atom is 0.185 e. The number of sulfone groups is 1. The molecule has 2 heterocycles. The zero-order valence-corrected chi connectivity index (χ0v) is 20.5. The number of piperidine rings is 1. The van der Waals surface area contributed by atoms with Crippen LogP contribution in [0.1, 0.15) is 29.7 Å². The van der Waals surface area contributed by atoms with Crippen molar-refractivity contribution in [1.29, 1.82) is 0 Å². The smallest absolute Gasteiger partial charge is 0.185 e. The van der Waals surface area contributed by atoms with Crippen molar-refractivity contribution in [2.45, 2.75) is 36.3 Å². The SMILES string of the molecule is Cc1ccccc1Cc1csc(N2CCC(S(=O)(=O)c3ccc(Br)cc3Cl)CC2)n1. The Hall–Kier alpha value is -1.41. The van der Waals surface area contributed by atoms with E-state index in [0.717, 1.165) is 21.7 Å². The first-order valence-corrected chi connectivity index (χ1v) is 13.4. The van der Waals surface area contributed by atoms with Crippen LogP contribution in [0.4, 0.5) is 5.13 Å². The molecule has 30 heavy (non-hydrogen) atoms. The van der Waals surface area contributed by atoms with Gasteiger partial charge in [0.25, 0.3) is 0 Å². The second-order valence-electron chi connectivity index (χ2n) is 7.53. The first-order chi connectivity index (χ1) is 14.3. The Kier molecular flexibility index (Phi) is 6.53. The summed E-state index contributed by atoms with van der Waals surface area (Å²) < 4.78 is 26.9. The summed E-state index contributed by atoms with van der Waals surface area (Å²) in [7, 11) is -3.45. The molecule has 1 saturated heterocycles. The monoisotopic (exact) mass is 524 g/mol. The van der Waals surface area contributed by atoms with E-state index in [1.807, 2.05) is 6.07 Å². The molecule has 0 saturated carbocycles. The van der Waals surface area contributed by atoms with Crippen molar-refractivity contribution in [3.63, 3.8) is 0 Å². The molecule has 0 atom stereocenters. The van der Waals surface area contributed by atoms with E-state index < -0.39 is 15.1 Å². The van der Waals surface area contributed by atoms with Gasteiger partial charge >= 0.3 is 0 Å². The van der Waals surface area contributed by atoms with Crippen molar-refractivity contribution in [3.8, 4) is 0 Å². The van der Waals surface area contributed by atoms with Gasteiger partial charge in [-0.15, -0.1) is 11.3 Å². The third-order valence-electron chi connectivity index (χ3n) is 5.52. The molecule has 1 fully saturated rings. The van der Waals surface area contributed by atoms with Gasteiger partial charge in [0.2, 0.25) is 0 Å². The molecule has 4 nitrogen and oxygen atoms in total. The molecule has 2 aromatic carbocycles. The van der Waals surface area contributed by atoms with Crippen molar-refractivity contribution in [1.82, 2.24) is 4.98 Å². The van der Waals surface area contributed by atoms with Gasteiger partial charge in [0.1, 0.15) is 0 Å². The van der Waals surface area contributed by atoms with Crippen molar-refractivity contribution < 1.29 is 8.42 Å². The Bertz CT molecular complexity index is 1160. The van der Waals surface area contributed by atoms with Crippen molar-refractivity contribution in [2.75, 3.05) is 18.0 Å². The molecule has 8 heteroatoms. The number of aryl methyl sites for hydroxylation is 1. The molecule has 0 spiro atoms. The molecule has 4 rings (SSSR count). The second kappa shape index (κ2) is 8.99. The number of benzene rings is 2. The van der Waals surface area contributed by atoms with Crippen LogP contribution in [-0.4, -0.2) is 31.7 Å². The summed E-state index contributed by atoms with van der Waals surface area (Å²) in [5.74, 6) is 0. The van der Waals surface area contributed by atoms with Gasteiger partial charge in [0, 0.05) is 29.4 Å². The molecule has 0 aliphatic carbocycles. The number of aromatic nitrogens is 1. The maximum atomic E-state index is 13.1. The Labute approximate surface area is 195 Å². The Balaban J connectivity index is 1.42. The molecule has 0 bridgehead atoms. The molecule has 158 valence electrons. The zero-order valence-electron chi connectivity index (χ0n) is 16.5. The highest BCUT2D eigenvalue weighted by Gasteiger charge is 2.33. The van der Waals surface area contributed by atoms with Crippen molar-refractivity contribution >= 4 is 53.8 Å². The second-order valence-corrected chi connectivity index (χ2v) is 11.9. The number of rotatable bonds is 5. The van der Waals surface area contributed by atoms with E-state index in [1.54, 1.807) is 29.5 Å². The van der Waals surface area contributed by atoms with Gasteiger partial charge < -0.3 is 4.90 Å². The maximum absolute atomic E-state index is 13.1. The van der Waals surface area contributed by atoms with Gasteiger partial charge in [0.15, 0.2) is 15.0 Å². The van der Waals surface area contributed by atoms with Gasteiger partial charge in [-0.1, -0.05) is 51.8 Å². The standard InChI is InChI=1S/C22H22BrClN2O2S2/c1-15-4-2-3-5-16(15)12-18-14-29-22(25-18)26-10-8-19(9-11-26)30(27,28)21-7-6-17(23)13-20(21)24/h2-7,13-14,19H,8-12H2,1H3. The van der Waals surface area contributed by atoms with E-state index in [4.69, 9.17) is 16.6 Å². The number of hydrogen-bond donors (Lipinski definition) is 0. The molecular weight excluding hydrogens is 504 g/mol. The molecule has 3 aromatic rings. The highest BCUT2D eigenvalue weighted by molar-refractivity contribution is 9.10. The van der Waals surface area contributed by atoms with Gasteiger partial charge in [-0.25, -0.2) is 13.4 Å². The minimum Gasteiger partial charge on any atom is -0.348 e. The van der Waals surface area contributed by atoms with Crippen molar-refractivity contribution in [2.24, 2.45) is 0 Å². The minimum absolute atomic E-state index is 0.223. The minimum atomic E-state index is -3.45. The molecule has 0 unspecified atom stereocenters. The van der Waals surface area contributed by atoms with Crippen LogP contribution in [0.3, 0.4) is 0 Å². The average Bonchev–Trinajstić information content (AvgIpc) is 3.18. The lowest BCUT2D eigenvalue weighted by atomic mass is 10.1. The third-order valence-corrected chi connectivity index (χ3v) is 9.71. The highest BCUT2D eigenvalue weighted by Crippen LogP contribution is 2.33. The Morgan fingerprint density at radius 3 is 2.63 bits per heavy atom. The van der Waals surface area contributed by atoms with E-state index >= 15 is 0 Å². The van der Waals surface area contributed by atoms with Crippen molar-refractivity contribution in [3.05, 3.63) is 74.2 Å². The van der Waals surface area contributed by atoms with Crippen LogP contribution in [-0.2, 0) is 16.3 Å². The summed E-state index contributed by atoms with van der Waals surface area (Å²) >= 11 is 11.2. The lowest BCUT2D eigenvalue weighted by Crippen LogP contribution is -2.39. The average molecular weight is 526 g/mol. The molecule has 0 N–H and O–H groups in total. The lowest BCUT2D eigenvalue weighted by Gasteiger charge is -2.31. The summed E-state index contributed by atoms with van der Waals surface area (Å²) in [5, 5.41) is 2.93. The van der Waals surface area contributed by atoms with E-state index in [-0.39, 0.29) is 9.92 Å². The Morgan fingerprint density at radius 2 is 1.93 bits per heavy atom. The quantitative estimate of drug-likeness (QED) is 0.416. The molecule has 1 aromatic heterocycles. The van der Waals surface area contributed by atoms with Gasteiger partial charge in [-0.05, 0) is 49.1 Å². The predicted octanol–water partition coefficient (Wildman–Crippen LogP) is 5.90. The van der Waals surface area contributed by atoms with Crippen LogP contribution >= 0.6 is 38.9 Å². The van der Waals surface area contributed by atoms with Crippen LogP contribution in [0.5, 0.6) is 0 Å². The van der Waals surface area contributed by atoms with Crippen LogP contribution in [0, 0.1) is 6.92 Å². The topological polar surface area (TPSA) is 50.3 Å². The third kappa shape index (κ3) is 4.59. The van der Waals surface area contributed by atoms with Gasteiger partial charge in [0.05, 0.1) is 20.9 Å². The largest absolute Gasteiger partial charge is 0.348 e. The number of nitrogens with zero attached hydrogens (tertiary/aromatic N) is 2. The highest BCUT2D eigenvalue weighted by atomic mass is 79.9. The summed E-state index contributed by atoms with van der Waals surface area (Å²) in [5.41, 5.74) is 3.61. The van der Waals surface area contributed by atoms with Crippen LogP contribution < -0.4 is 4.90 Å². The fourth-order valence-corrected chi connectivity index (χ4v) is 7.42. The lowest BCUT2D eigenvalue weighted by molar-refractivity contribution is 0.529. The van der Waals surface area contributed by atoms with Crippen LogP contribution in [0.2, 0.25) is 5.02 Å². The molecule has 1 aliphatic heterocycles. The molecule has 0 amide bonds. The summed E-state index contributed by atoms with van der Waals surface area (Å²) in [4.78, 5) is 7.23. The summed E-state index contributed by atoms with van der Waals surface area (Å²) in [6, 6.07) is 13.3. The first-order valence-electron chi connectivity index (χ1n) is 9.77. The van der Waals surface area contributed by atoms with Gasteiger partial charge in [-0.2, -0.15) is 0 Å². The van der Waals surface area contributed by atoms with Crippen LogP contribution in [0.15, 0.2) is 57.2 Å². The molecule has 0 radical (unpaired) electrons. The zero-order chi connectivity index (χ0) is 21.3. The fourth-order valence-electron chi connectivity index (χ4n) is 3.77. The normalized spacial score (nSPS) is 15.5. The van der Waals surface area contributed by atoms with Gasteiger partial charge in [-0.3, -0.25) is 0 Å². The van der Waals surface area contributed by atoms with E-state index in [1.165, 1.54) is 11.1 Å². The number of hydrogen-bond acceptors (Lipinski definition) is 5. The summed E-state index contributed by atoms with van der Waals surface area (Å²) in [6.07, 6.45) is 1.96. The fraction of sp³-hybridized carbons (Fsp3) is 0.318. The molecular formula is C22H22BrClN2O2S2. The predicted molar refractivity (Wildman–Crippen MR) is 128 cm³/mol. The molecule has 1 aliphatic rings. The van der Waals surface area contributed by atoms with E-state index in [2.05, 4.69) is 51.3 Å². The van der Waals surface area contributed by atoms with Crippen LogP contribution in [0.25, 0.3) is 0 Å². The summed E-state index contributed by atoms with van der Waals surface area (Å²) in [6.45, 7) is 3.47. The first kappa shape index (κ1) is 21.8. The Morgan fingerprint density at radius 1 is 1.20 bits per heavy atom. The number of thiazole rings is 1. The number of halogens is 2. The van der Waals surface area contributed by atoms with E-state index in [9.17, 15) is 8.42 Å².